The molecule has 0 aromatic heterocycles. The lowest BCUT2D eigenvalue weighted by molar-refractivity contribution is 0.112. The largest absolute Gasteiger partial charge is 0.494 e. The van der Waals surface area contributed by atoms with Crippen LogP contribution in [-0.4, -0.2) is 12.9 Å². The van der Waals surface area contributed by atoms with Gasteiger partial charge in [-0.1, -0.05) is 44.2 Å². The molecule has 0 heterocycles. The third kappa shape index (κ3) is 3.88. The van der Waals surface area contributed by atoms with Crippen LogP contribution in [0.4, 0.5) is 0 Å². The van der Waals surface area contributed by atoms with Crippen LogP contribution in [0.1, 0.15) is 48.9 Å². The SMILES string of the molecule is O=Cc1cccc(OCCC2CCCCC2)c1. The summed E-state index contributed by atoms with van der Waals surface area (Å²) in [6, 6.07) is 7.36. The van der Waals surface area contributed by atoms with Gasteiger partial charge >= 0.3 is 0 Å². The summed E-state index contributed by atoms with van der Waals surface area (Å²) in [4.78, 5) is 10.6. The quantitative estimate of drug-likeness (QED) is 0.721. The van der Waals surface area contributed by atoms with Crippen LogP contribution in [0.15, 0.2) is 24.3 Å². The van der Waals surface area contributed by atoms with Gasteiger partial charge < -0.3 is 4.74 Å². The summed E-state index contributed by atoms with van der Waals surface area (Å²) in [7, 11) is 0. The average molecular weight is 232 g/mol. The topological polar surface area (TPSA) is 26.3 Å². The number of hydrogen-bond donors (Lipinski definition) is 0. The Balaban J connectivity index is 1.75. The third-order valence-corrected chi connectivity index (χ3v) is 3.51. The molecule has 2 rings (SSSR count). The first-order valence-corrected chi connectivity index (χ1v) is 6.56. The first-order chi connectivity index (χ1) is 8.38. The highest BCUT2D eigenvalue weighted by Crippen LogP contribution is 2.26. The van der Waals surface area contributed by atoms with Crippen molar-refractivity contribution >= 4 is 6.29 Å². The smallest absolute Gasteiger partial charge is 0.150 e. The molecule has 17 heavy (non-hydrogen) atoms. The minimum Gasteiger partial charge on any atom is -0.494 e. The zero-order valence-electron chi connectivity index (χ0n) is 10.2. The Hall–Kier alpha value is -1.31. The first kappa shape index (κ1) is 12.2. The summed E-state index contributed by atoms with van der Waals surface area (Å²) in [6.07, 6.45) is 8.88. The summed E-state index contributed by atoms with van der Waals surface area (Å²) in [5.41, 5.74) is 0.681. The van der Waals surface area contributed by atoms with Gasteiger partial charge in [0.2, 0.25) is 0 Å². The summed E-state index contributed by atoms with van der Waals surface area (Å²) in [5, 5.41) is 0. The van der Waals surface area contributed by atoms with Crippen molar-refractivity contribution in [3.63, 3.8) is 0 Å². The van der Waals surface area contributed by atoms with Crippen LogP contribution >= 0.6 is 0 Å². The molecule has 1 aliphatic carbocycles. The molecule has 0 amide bonds. The Kier molecular flexibility index (Phi) is 4.60. The Labute approximate surface area is 103 Å². The zero-order chi connectivity index (χ0) is 11.9. The van der Waals surface area contributed by atoms with E-state index in [2.05, 4.69) is 0 Å². The molecule has 0 spiro atoms. The predicted molar refractivity (Wildman–Crippen MR) is 68.5 cm³/mol. The lowest BCUT2D eigenvalue weighted by Gasteiger charge is -2.21. The van der Waals surface area contributed by atoms with E-state index in [4.69, 9.17) is 4.74 Å². The van der Waals surface area contributed by atoms with Gasteiger partial charge in [0.1, 0.15) is 12.0 Å². The van der Waals surface area contributed by atoms with Crippen LogP contribution in [0.2, 0.25) is 0 Å². The summed E-state index contributed by atoms with van der Waals surface area (Å²) in [6.45, 7) is 0.771. The van der Waals surface area contributed by atoms with E-state index in [1.165, 1.54) is 32.1 Å². The molecule has 0 atom stereocenters. The Morgan fingerprint density at radius 2 is 2.06 bits per heavy atom. The molecule has 0 unspecified atom stereocenters. The van der Waals surface area contributed by atoms with Crippen LogP contribution in [0.3, 0.4) is 0 Å². The minimum atomic E-state index is 0.681. The van der Waals surface area contributed by atoms with Crippen molar-refractivity contribution in [3.05, 3.63) is 29.8 Å². The summed E-state index contributed by atoms with van der Waals surface area (Å²) >= 11 is 0. The number of carbonyl (C=O) groups excluding carboxylic acids is 1. The van der Waals surface area contributed by atoms with Crippen molar-refractivity contribution in [2.45, 2.75) is 38.5 Å². The second kappa shape index (κ2) is 6.43. The van der Waals surface area contributed by atoms with Gasteiger partial charge in [0.25, 0.3) is 0 Å². The maximum absolute atomic E-state index is 10.6. The van der Waals surface area contributed by atoms with E-state index >= 15 is 0 Å². The zero-order valence-corrected chi connectivity index (χ0v) is 10.2. The molecule has 1 saturated carbocycles. The fourth-order valence-corrected chi connectivity index (χ4v) is 2.50. The van der Waals surface area contributed by atoms with E-state index < -0.39 is 0 Å². The van der Waals surface area contributed by atoms with Gasteiger partial charge in [0.15, 0.2) is 0 Å². The number of benzene rings is 1. The van der Waals surface area contributed by atoms with Gasteiger partial charge in [-0.15, -0.1) is 0 Å². The van der Waals surface area contributed by atoms with Crippen molar-refractivity contribution in [1.29, 1.82) is 0 Å². The van der Waals surface area contributed by atoms with Crippen LogP contribution < -0.4 is 4.74 Å². The molecule has 0 bridgehead atoms. The molecule has 1 fully saturated rings. The summed E-state index contributed by atoms with van der Waals surface area (Å²) in [5.74, 6) is 1.66. The highest BCUT2D eigenvalue weighted by atomic mass is 16.5. The van der Waals surface area contributed by atoms with E-state index in [9.17, 15) is 4.79 Å². The fraction of sp³-hybridized carbons (Fsp3) is 0.533. The van der Waals surface area contributed by atoms with Crippen molar-refractivity contribution < 1.29 is 9.53 Å². The van der Waals surface area contributed by atoms with Crippen LogP contribution in [0.25, 0.3) is 0 Å². The van der Waals surface area contributed by atoms with Crippen molar-refractivity contribution in [2.75, 3.05) is 6.61 Å². The number of rotatable bonds is 5. The van der Waals surface area contributed by atoms with Gasteiger partial charge in [-0.3, -0.25) is 4.79 Å². The van der Waals surface area contributed by atoms with Gasteiger partial charge in [-0.25, -0.2) is 0 Å². The van der Waals surface area contributed by atoms with E-state index in [1.807, 2.05) is 12.1 Å². The van der Waals surface area contributed by atoms with Crippen molar-refractivity contribution in [2.24, 2.45) is 5.92 Å². The summed E-state index contributed by atoms with van der Waals surface area (Å²) < 4.78 is 5.69. The van der Waals surface area contributed by atoms with Crippen molar-refractivity contribution in [3.8, 4) is 5.75 Å². The fourth-order valence-electron chi connectivity index (χ4n) is 2.50. The monoisotopic (exact) mass is 232 g/mol. The molecule has 1 aromatic carbocycles. The molecule has 2 heteroatoms. The van der Waals surface area contributed by atoms with E-state index in [1.54, 1.807) is 12.1 Å². The standard InChI is InChI=1S/C15H20O2/c16-12-14-7-4-8-15(11-14)17-10-9-13-5-2-1-3-6-13/h4,7-8,11-13H,1-3,5-6,9-10H2. The average Bonchev–Trinajstić information content (AvgIpc) is 2.40. The molecule has 0 N–H and O–H groups in total. The van der Waals surface area contributed by atoms with Crippen LogP contribution in [0, 0.1) is 5.92 Å². The number of hydrogen-bond acceptors (Lipinski definition) is 2. The number of carbonyl (C=O) groups is 1. The van der Waals surface area contributed by atoms with Gasteiger partial charge in [-0.05, 0) is 24.5 Å². The second-order valence-corrected chi connectivity index (χ2v) is 4.83. The molecular formula is C15H20O2. The van der Waals surface area contributed by atoms with Crippen molar-refractivity contribution in [1.82, 2.24) is 0 Å². The minimum absolute atomic E-state index is 0.681. The van der Waals surface area contributed by atoms with Crippen LogP contribution in [-0.2, 0) is 0 Å². The van der Waals surface area contributed by atoms with Gasteiger partial charge in [0.05, 0.1) is 6.61 Å². The molecule has 0 radical (unpaired) electrons. The third-order valence-electron chi connectivity index (χ3n) is 3.51. The molecule has 92 valence electrons. The lowest BCUT2D eigenvalue weighted by Crippen LogP contribution is -2.10. The molecule has 1 aromatic rings. The Morgan fingerprint density at radius 1 is 1.24 bits per heavy atom. The van der Waals surface area contributed by atoms with E-state index in [0.717, 1.165) is 31.0 Å². The molecule has 0 saturated heterocycles. The van der Waals surface area contributed by atoms with E-state index in [0.29, 0.717) is 5.56 Å². The molecular weight excluding hydrogens is 212 g/mol. The number of aldehydes is 1. The second-order valence-electron chi connectivity index (χ2n) is 4.83. The first-order valence-electron chi connectivity index (χ1n) is 6.56. The van der Waals surface area contributed by atoms with Crippen LogP contribution in [0.5, 0.6) is 5.75 Å². The Bertz CT molecular complexity index is 354. The predicted octanol–water partition coefficient (Wildman–Crippen LogP) is 3.85. The lowest BCUT2D eigenvalue weighted by atomic mass is 9.87. The van der Waals surface area contributed by atoms with Gasteiger partial charge in [0, 0.05) is 5.56 Å². The Morgan fingerprint density at radius 3 is 2.82 bits per heavy atom. The van der Waals surface area contributed by atoms with E-state index in [-0.39, 0.29) is 0 Å². The molecule has 1 aliphatic rings. The maximum Gasteiger partial charge on any atom is 0.150 e. The molecule has 2 nitrogen and oxygen atoms in total. The van der Waals surface area contributed by atoms with Gasteiger partial charge in [-0.2, -0.15) is 0 Å². The maximum atomic E-state index is 10.6. The normalized spacial score (nSPS) is 16.7. The molecule has 0 aliphatic heterocycles. The number of ether oxygens (including phenoxy) is 1. The highest BCUT2D eigenvalue weighted by molar-refractivity contribution is 5.75. The highest BCUT2D eigenvalue weighted by Gasteiger charge is 2.12.